The molecule has 1 atom stereocenters. The number of hydrogen-bond acceptors (Lipinski definition) is 1. The van der Waals surface area contributed by atoms with Crippen LogP contribution in [0.15, 0.2) is 11.6 Å². The van der Waals surface area contributed by atoms with Crippen molar-refractivity contribution < 1.29 is 0 Å². The Balaban J connectivity index is 4.30. The first-order valence-electron chi connectivity index (χ1n) is 4.84. The van der Waals surface area contributed by atoms with Gasteiger partial charge in [-0.1, -0.05) is 39.3 Å². The molecule has 0 aromatic rings. The van der Waals surface area contributed by atoms with Gasteiger partial charge >= 0.3 is 0 Å². The summed E-state index contributed by atoms with van der Waals surface area (Å²) in [6.45, 7) is 11.1. The third kappa shape index (κ3) is 3.91. The lowest BCUT2D eigenvalue weighted by Crippen LogP contribution is -2.31. The Labute approximate surface area is 77.2 Å². The summed E-state index contributed by atoms with van der Waals surface area (Å²) in [6.07, 6.45) is 2.33. The summed E-state index contributed by atoms with van der Waals surface area (Å²) >= 11 is 0. The van der Waals surface area contributed by atoms with E-state index in [0.717, 1.165) is 0 Å². The van der Waals surface area contributed by atoms with Crippen molar-refractivity contribution in [1.82, 2.24) is 5.32 Å². The van der Waals surface area contributed by atoms with E-state index in [9.17, 15) is 0 Å². The van der Waals surface area contributed by atoms with E-state index in [1.54, 1.807) is 0 Å². The van der Waals surface area contributed by atoms with Crippen LogP contribution in [0, 0.1) is 11.8 Å². The third-order valence-electron chi connectivity index (χ3n) is 2.06. The fourth-order valence-corrected chi connectivity index (χ4v) is 1.72. The molecule has 0 amide bonds. The summed E-state index contributed by atoms with van der Waals surface area (Å²) in [5, 5.41) is 3.34. The maximum absolute atomic E-state index is 3.34. The van der Waals surface area contributed by atoms with E-state index in [1.165, 1.54) is 5.57 Å². The smallest absolute Gasteiger partial charge is 0.0297 e. The van der Waals surface area contributed by atoms with Crippen LogP contribution < -0.4 is 5.32 Å². The normalized spacial score (nSPS) is 15.8. The molecule has 0 aliphatic rings. The second kappa shape index (κ2) is 5.36. The zero-order chi connectivity index (χ0) is 9.72. The Hall–Kier alpha value is -0.300. The van der Waals surface area contributed by atoms with Crippen molar-refractivity contribution in [2.45, 2.75) is 40.7 Å². The minimum Gasteiger partial charge on any atom is -0.313 e. The summed E-state index contributed by atoms with van der Waals surface area (Å²) in [5.74, 6) is 1.32. The van der Waals surface area contributed by atoms with E-state index >= 15 is 0 Å². The standard InChI is InChI=1S/C11H23N/c1-8(2)7-10(5)11(12-6)9(3)4/h7-9,11-12H,1-6H3/b10-7-/t11-/m1/s1. The van der Waals surface area contributed by atoms with Crippen LogP contribution in [0.5, 0.6) is 0 Å². The van der Waals surface area contributed by atoms with Crippen molar-refractivity contribution in [2.24, 2.45) is 11.8 Å². The van der Waals surface area contributed by atoms with Gasteiger partial charge in [-0.05, 0) is 25.8 Å². The highest BCUT2D eigenvalue weighted by Crippen LogP contribution is 2.13. The van der Waals surface area contributed by atoms with E-state index < -0.39 is 0 Å². The van der Waals surface area contributed by atoms with Gasteiger partial charge in [0.05, 0.1) is 0 Å². The van der Waals surface area contributed by atoms with Gasteiger partial charge in [0.25, 0.3) is 0 Å². The van der Waals surface area contributed by atoms with Crippen molar-refractivity contribution in [3.05, 3.63) is 11.6 Å². The summed E-state index contributed by atoms with van der Waals surface area (Å²) in [5.41, 5.74) is 1.46. The Bertz CT molecular complexity index is 145. The Morgan fingerprint density at radius 1 is 1.17 bits per heavy atom. The quantitative estimate of drug-likeness (QED) is 0.638. The number of nitrogens with one attached hydrogen (secondary N) is 1. The van der Waals surface area contributed by atoms with E-state index in [1.807, 2.05) is 7.05 Å². The van der Waals surface area contributed by atoms with Crippen molar-refractivity contribution in [3.63, 3.8) is 0 Å². The number of likely N-dealkylation sites (N-methyl/N-ethyl adjacent to an activating group) is 1. The SMILES string of the molecule is CN[C@@H](/C(C)=C\C(C)C)C(C)C. The number of allylic oxidation sites excluding steroid dienone is 1. The maximum Gasteiger partial charge on any atom is 0.0297 e. The van der Waals surface area contributed by atoms with Crippen LogP contribution in [0.25, 0.3) is 0 Å². The molecule has 1 nitrogen and oxygen atoms in total. The lowest BCUT2D eigenvalue weighted by molar-refractivity contribution is 0.475. The molecule has 0 aromatic heterocycles. The molecule has 0 unspecified atom stereocenters. The van der Waals surface area contributed by atoms with Crippen LogP contribution in [0.2, 0.25) is 0 Å². The minimum atomic E-state index is 0.535. The molecule has 0 aromatic carbocycles. The zero-order valence-electron chi connectivity index (χ0n) is 9.31. The lowest BCUT2D eigenvalue weighted by atomic mass is 9.95. The molecule has 0 aliphatic carbocycles. The van der Waals surface area contributed by atoms with Gasteiger partial charge < -0.3 is 5.32 Å². The van der Waals surface area contributed by atoms with Crippen molar-refractivity contribution >= 4 is 0 Å². The van der Waals surface area contributed by atoms with Gasteiger partial charge in [-0.25, -0.2) is 0 Å². The average molecular weight is 169 g/mol. The highest BCUT2D eigenvalue weighted by atomic mass is 14.9. The van der Waals surface area contributed by atoms with Crippen molar-refractivity contribution in [2.75, 3.05) is 7.05 Å². The molecule has 0 bridgehead atoms. The lowest BCUT2D eigenvalue weighted by Gasteiger charge is -2.21. The predicted octanol–water partition coefficient (Wildman–Crippen LogP) is 2.83. The fourth-order valence-electron chi connectivity index (χ4n) is 1.72. The molecular weight excluding hydrogens is 146 g/mol. The minimum absolute atomic E-state index is 0.535. The highest BCUT2D eigenvalue weighted by molar-refractivity contribution is 5.09. The molecule has 0 fully saturated rings. The summed E-state index contributed by atoms with van der Waals surface area (Å²) in [4.78, 5) is 0. The molecule has 0 radical (unpaired) electrons. The van der Waals surface area contributed by atoms with E-state index in [2.05, 4.69) is 46.0 Å². The summed E-state index contributed by atoms with van der Waals surface area (Å²) in [7, 11) is 2.03. The molecule has 0 saturated carbocycles. The monoisotopic (exact) mass is 169 g/mol. The third-order valence-corrected chi connectivity index (χ3v) is 2.06. The average Bonchev–Trinajstić information content (AvgIpc) is 1.85. The zero-order valence-corrected chi connectivity index (χ0v) is 9.31. The molecule has 0 spiro atoms. The summed E-state index contributed by atoms with van der Waals surface area (Å²) in [6, 6.07) is 0.535. The van der Waals surface area contributed by atoms with Crippen LogP contribution in [-0.2, 0) is 0 Å². The second-order valence-corrected chi connectivity index (χ2v) is 4.17. The molecule has 0 saturated heterocycles. The largest absolute Gasteiger partial charge is 0.313 e. The summed E-state index contributed by atoms with van der Waals surface area (Å²) < 4.78 is 0. The van der Waals surface area contributed by atoms with Gasteiger partial charge in [0.2, 0.25) is 0 Å². The van der Waals surface area contributed by atoms with Gasteiger partial charge in [-0.15, -0.1) is 0 Å². The molecular formula is C11H23N. The first-order valence-corrected chi connectivity index (χ1v) is 4.84. The molecule has 0 aliphatic heterocycles. The molecule has 0 heterocycles. The maximum atomic E-state index is 3.34. The fraction of sp³-hybridized carbons (Fsp3) is 0.818. The number of rotatable bonds is 4. The van der Waals surface area contributed by atoms with Crippen molar-refractivity contribution in [3.8, 4) is 0 Å². The van der Waals surface area contributed by atoms with Crippen molar-refractivity contribution in [1.29, 1.82) is 0 Å². The topological polar surface area (TPSA) is 12.0 Å². The Morgan fingerprint density at radius 2 is 1.67 bits per heavy atom. The van der Waals surface area contributed by atoms with Gasteiger partial charge in [0, 0.05) is 6.04 Å². The van der Waals surface area contributed by atoms with Gasteiger partial charge in [0.1, 0.15) is 0 Å². The van der Waals surface area contributed by atoms with Gasteiger partial charge in [0.15, 0.2) is 0 Å². The van der Waals surface area contributed by atoms with Crippen LogP contribution >= 0.6 is 0 Å². The first-order chi connectivity index (χ1) is 5.49. The van der Waals surface area contributed by atoms with Gasteiger partial charge in [-0.2, -0.15) is 0 Å². The van der Waals surface area contributed by atoms with Gasteiger partial charge in [-0.3, -0.25) is 0 Å². The second-order valence-electron chi connectivity index (χ2n) is 4.17. The van der Waals surface area contributed by atoms with Crippen LogP contribution in [0.3, 0.4) is 0 Å². The first kappa shape index (κ1) is 11.7. The van der Waals surface area contributed by atoms with E-state index in [4.69, 9.17) is 0 Å². The molecule has 12 heavy (non-hydrogen) atoms. The Kier molecular flexibility index (Phi) is 5.23. The van der Waals surface area contributed by atoms with Crippen LogP contribution in [0.4, 0.5) is 0 Å². The molecule has 72 valence electrons. The van der Waals surface area contributed by atoms with Crippen LogP contribution in [0.1, 0.15) is 34.6 Å². The van der Waals surface area contributed by atoms with E-state index in [0.29, 0.717) is 17.9 Å². The predicted molar refractivity (Wildman–Crippen MR) is 56.3 cm³/mol. The Morgan fingerprint density at radius 3 is 1.92 bits per heavy atom. The van der Waals surface area contributed by atoms with Crippen LogP contribution in [-0.4, -0.2) is 13.1 Å². The molecule has 0 rings (SSSR count). The van der Waals surface area contributed by atoms with E-state index in [-0.39, 0.29) is 0 Å². The molecule has 1 N–H and O–H groups in total. The highest BCUT2D eigenvalue weighted by Gasteiger charge is 2.12. The molecule has 1 heteroatoms. The number of hydrogen-bond donors (Lipinski definition) is 1.